The summed E-state index contributed by atoms with van der Waals surface area (Å²) < 4.78 is 0. The van der Waals surface area contributed by atoms with Crippen LogP contribution in [-0.4, -0.2) is 9.97 Å². The molecular weight excluding hydrogens is 176 g/mol. The Morgan fingerprint density at radius 1 is 1.43 bits per heavy atom. The minimum atomic E-state index is 0.554. The predicted molar refractivity (Wildman–Crippen MR) is 53.2 cm³/mol. The molecule has 0 amide bonds. The molecule has 0 aliphatic rings. The number of hydrogen-bond acceptors (Lipinski definition) is 3. The van der Waals surface area contributed by atoms with Crippen LogP contribution < -0.4 is 5.73 Å². The largest absolute Gasteiger partial charge is 0.398 e. The molecule has 0 saturated heterocycles. The second-order valence-electron chi connectivity index (χ2n) is 2.85. The van der Waals surface area contributed by atoms with Crippen molar-refractivity contribution < 1.29 is 0 Å². The summed E-state index contributed by atoms with van der Waals surface area (Å²) in [6.45, 7) is 0. The third kappa shape index (κ3) is 1.31. The molecule has 0 atom stereocenters. The van der Waals surface area contributed by atoms with Crippen LogP contribution in [0.5, 0.6) is 0 Å². The van der Waals surface area contributed by atoms with Crippen LogP contribution in [0.3, 0.4) is 0 Å². The maximum atomic E-state index is 8.65. The maximum Gasteiger partial charge on any atom is 0.139 e. The Bertz CT molecular complexity index is 479. The molecule has 0 unspecified atom stereocenters. The lowest BCUT2D eigenvalue weighted by atomic mass is 10.1. The second-order valence-corrected chi connectivity index (χ2v) is 2.85. The highest BCUT2D eigenvalue weighted by atomic mass is 14.9. The van der Waals surface area contributed by atoms with Crippen LogP contribution in [0.4, 0.5) is 5.69 Å². The van der Waals surface area contributed by atoms with Crippen LogP contribution in [0.1, 0.15) is 5.56 Å². The van der Waals surface area contributed by atoms with Crippen molar-refractivity contribution in [1.29, 1.82) is 5.26 Å². The topological polar surface area (TPSA) is 78.5 Å². The van der Waals surface area contributed by atoms with E-state index in [2.05, 4.69) is 9.97 Å². The van der Waals surface area contributed by atoms with Gasteiger partial charge in [0.25, 0.3) is 0 Å². The van der Waals surface area contributed by atoms with Gasteiger partial charge in [-0.25, -0.2) is 4.98 Å². The van der Waals surface area contributed by atoms with Crippen molar-refractivity contribution in [3.8, 4) is 17.5 Å². The van der Waals surface area contributed by atoms with Gasteiger partial charge < -0.3 is 10.7 Å². The van der Waals surface area contributed by atoms with Crippen LogP contribution in [0, 0.1) is 11.3 Å². The van der Waals surface area contributed by atoms with Crippen LogP contribution in [-0.2, 0) is 0 Å². The average Bonchev–Trinajstić information content (AvgIpc) is 2.70. The van der Waals surface area contributed by atoms with Crippen LogP contribution in [0.15, 0.2) is 30.6 Å². The van der Waals surface area contributed by atoms with E-state index in [-0.39, 0.29) is 0 Å². The quantitative estimate of drug-likeness (QED) is 0.659. The van der Waals surface area contributed by atoms with Gasteiger partial charge in [-0.3, -0.25) is 0 Å². The zero-order valence-corrected chi connectivity index (χ0v) is 7.36. The minimum Gasteiger partial charge on any atom is -0.398 e. The molecule has 0 aliphatic heterocycles. The lowest BCUT2D eigenvalue weighted by molar-refractivity contribution is 1.31. The Morgan fingerprint density at radius 3 is 2.86 bits per heavy atom. The van der Waals surface area contributed by atoms with Crippen LogP contribution >= 0.6 is 0 Å². The smallest absolute Gasteiger partial charge is 0.139 e. The Hall–Kier alpha value is -2.28. The molecule has 2 rings (SSSR count). The summed E-state index contributed by atoms with van der Waals surface area (Å²) >= 11 is 0. The first-order valence-corrected chi connectivity index (χ1v) is 4.10. The molecule has 14 heavy (non-hydrogen) atoms. The molecule has 4 nitrogen and oxygen atoms in total. The third-order valence-corrected chi connectivity index (χ3v) is 1.93. The van der Waals surface area contributed by atoms with Gasteiger partial charge >= 0.3 is 0 Å². The van der Waals surface area contributed by atoms with Gasteiger partial charge in [-0.15, -0.1) is 0 Å². The number of H-pyrrole nitrogens is 1. The van der Waals surface area contributed by atoms with Crippen molar-refractivity contribution in [2.75, 3.05) is 5.73 Å². The van der Waals surface area contributed by atoms with Crippen LogP contribution in [0.2, 0.25) is 0 Å². The lowest BCUT2D eigenvalue weighted by Gasteiger charge is -2.01. The van der Waals surface area contributed by atoms with E-state index < -0.39 is 0 Å². The normalized spacial score (nSPS) is 9.64. The van der Waals surface area contributed by atoms with Crippen molar-refractivity contribution >= 4 is 5.69 Å². The molecule has 1 aromatic carbocycles. The minimum absolute atomic E-state index is 0.554. The van der Waals surface area contributed by atoms with Crippen LogP contribution in [0.25, 0.3) is 11.4 Å². The molecule has 0 fully saturated rings. The molecule has 0 radical (unpaired) electrons. The molecule has 3 N–H and O–H groups in total. The van der Waals surface area contributed by atoms with Gasteiger partial charge in [0.15, 0.2) is 0 Å². The number of nitrogen functional groups attached to an aromatic ring is 1. The fourth-order valence-electron chi connectivity index (χ4n) is 1.26. The second kappa shape index (κ2) is 3.23. The van der Waals surface area contributed by atoms with E-state index in [4.69, 9.17) is 11.0 Å². The Balaban J connectivity index is 2.52. The number of rotatable bonds is 1. The lowest BCUT2D eigenvalue weighted by Crippen LogP contribution is -1.92. The van der Waals surface area contributed by atoms with E-state index in [9.17, 15) is 0 Å². The number of aromatic nitrogens is 2. The van der Waals surface area contributed by atoms with Gasteiger partial charge in [-0.1, -0.05) is 0 Å². The average molecular weight is 184 g/mol. The fraction of sp³-hybridized carbons (Fsp3) is 0. The molecule has 0 bridgehead atoms. The number of nitrogens with zero attached hydrogens (tertiary/aromatic N) is 2. The first-order valence-electron chi connectivity index (χ1n) is 4.10. The Morgan fingerprint density at radius 2 is 2.29 bits per heavy atom. The number of nitriles is 1. The number of nitrogens with two attached hydrogens (primary N) is 1. The summed E-state index contributed by atoms with van der Waals surface area (Å²) in [6, 6.07) is 7.17. The van der Waals surface area contributed by atoms with Gasteiger partial charge in [0.05, 0.1) is 11.6 Å². The molecule has 68 valence electrons. The van der Waals surface area contributed by atoms with Crippen molar-refractivity contribution in [2.24, 2.45) is 0 Å². The highest BCUT2D eigenvalue weighted by molar-refractivity contribution is 5.72. The molecule has 0 spiro atoms. The highest BCUT2D eigenvalue weighted by Gasteiger charge is 2.04. The number of imidazole rings is 1. The van der Waals surface area contributed by atoms with Crippen molar-refractivity contribution in [3.05, 3.63) is 36.2 Å². The summed E-state index contributed by atoms with van der Waals surface area (Å²) in [5, 5.41) is 8.65. The van der Waals surface area contributed by atoms with Gasteiger partial charge in [0, 0.05) is 23.6 Å². The molecule has 1 heterocycles. The molecule has 4 heteroatoms. The van der Waals surface area contributed by atoms with E-state index in [0.717, 1.165) is 5.56 Å². The number of aromatic amines is 1. The van der Waals surface area contributed by atoms with E-state index in [1.807, 2.05) is 6.07 Å². The zero-order valence-electron chi connectivity index (χ0n) is 7.36. The standard InChI is InChI=1S/C10H8N4/c11-6-7-1-2-8(9(12)5-7)10-13-3-4-14-10/h1-5H,12H2,(H,13,14). The first kappa shape index (κ1) is 8.32. The number of nitrogens with one attached hydrogen (secondary N) is 1. The van der Waals surface area contributed by atoms with E-state index in [0.29, 0.717) is 17.1 Å². The van der Waals surface area contributed by atoms with Gasteiger partial charge in [0.1, 0.15) is 5.82 Å². The summed E-state index contributed by atoms with van der Waals surface area (Å²) in [7, 11) is 0. The molecular formula is C10H8N4. The number of anilines is 1. The van der Waals surface area contributed by atoms with E-state index in [1.54, 1.807) is 30.6 Å². The SMILES string of the molecule is N#Cc1ccc(-c2ncc[nH]2)c(N)c1. The monoisotopic (exact) mass is 184 g/mol. The Kier molecular flexibility index (Phi) is 1.92. The van der Waals surface area contributed by atoms with Gasteiger partial charge in [-0.2, -0.15) is 5.26 Å². The van der Waals surface area contributed by atoms with E-state index >= 15 is 0 Å². The number of hydrogen-bond donors (Lipinski definition) is 2. The molecule has 2 aromatic rings. The summed E-state index contributed by atoms with van der Waals surface area (Å²) in [4.78, 5) is 7.04. The summed E-state index contributed by atoms with van der Waals surface area (Å²) in [5.74, 6) is 0.715. The maximum absolute atomic E-state index is 8.65. The summed E-state index contributed by atoms with van der Waals surface area (Å²) in [6.07, 6.45) is 3.39. The Labute approximate surface area is 81.0 Å². The van der Waals surface area contributed by atoms with Crippen molar-refractivity contribution in [2.45, 2.75) is 0 Å². The molecule has 0 aliphatic carbocycles. The predicted octanol–water partition coefficient (Wildman–Crippen LogP) is 1.53. The zero-order chi connectivity index (χ0) is 9.97. The molecule has 0 saturated carbocycles. The van der Waals surface area contributed by atoms with E-state index in [1.165, 1.54) is 0 Å². The third-order valence-electron chi connectivity index (χ3n) is 1.93. The van der Waals surface area contributed by atoms with Crippen molar-refractivity contribution in [1.82, 2.24) is 9.97 Å². The number of benzene rings is 1. The van der Waals surface area contributed by atoms with Crippen molar-refractivity contribution in [3.63, 3.8) is 0 Å². The summed E-state index contributed by atoms with van der Waals surface area (Å²) in [5.41, 5.74) is 7.70. The fourth-order valence-corrected chi connectivity index (χ4v) is 1.26. The van der Waals surface area contributed by atoms with Gasteiger partial charge in [0.2, 0.25) is 0 Å². The first-order chi connectivity index (χ1) is 6.81. The molecule has 1 aromatic heterocycles. The highest BCUT2D eigenvalue weighted by Crippen LogP contribution is 2.22. The van der Waals surface area contributed by atoms with Gasteiger partial charge in [-0.05, 0) is 18.2 Å².